The highest BCUT2D eigenvalue weighted by atomic mass is 79.9. The molecule has 0 radical (unpaired) electrons. The fraction of sp³-hybridized carbons (Fsp3) is 0.562. The molecule has 2 heterocycles. The molecule has 2 aliphatic rings. The van der Waals surface area contributed by atoms with Crippen molar-refractivity contribution in [3.05, 3.63) is 28.2 Å². The highest BCUT2D eigenvalue weighted by Gasteiger charge is 2.34. The predicted molar refractivity (Wildman–Crippen MR) is 87.1 cm³/mol. The van der Waals surface area contributed by atoms with Crippen LogP contribution in [0.5, 0.6) is 0 Å². The lowest BCUT2D eigenvalue weighted by molar-refractivity contribution is 0.0696. The maximum Gasteiger partial charge on any atom is 0.337 e. The van der Waals surface area contributed by atoms with Crippen LogP contribution in [0.1, 0.15) is 36.5 Å². The number of aromatic carboxylic acids is 1. The summed E-state index contributed by atoms with van der Waals surface area (Å²) in [5.41, 5.74) is 1.24. The highest BCUT2D eigenvalue weighted by Crippen LogP contribution is 2.31. The molecule has 0 amide bonds. The summed E-state index contributed by atoms with van der Waals surface area (Å²) in [5, 5.41) is 9.48. The lowest BCUT2D eigenvalue weighted by Crippen LogP contribution is -2.59. The maximum absolute atomic E-state index is 11.5. The summed E-state index contributed by atoms with van der Waals surface area (Å²) >= 11 is 3.37. The molecule has 2 atom stereocenters. The topological polar surface area (TPSA) is 43.8 Å². The molecule has 3 rings (SSSR count). The largest absolute Gasteiger partial charge is 0.478 e. The van der Waals surface area contributed by atoms with Crippen molar-refractivity contribution in [3.8, 4) is 0 Å². The Morgan fingerprint density at radius 1 is 1.33 bits per heavy atom. The molecule has 1 aromatic rings. The molecule has 1 N–H and O–H groups in total. The van der Waals surface area contributed by atoms with E-state index < -0.39 is 5.97 Å². The molecule has 4 nitrogen and oxygen atoms in total. The third kappa shape index (κ3) is 2.94. The monoisotopic (exact) mass is 352 g/mol. The van der Waals surface area contributed by atoms with Gasteiger partial charge in [-0.3, -0.25) is 4.90 Å². The minimum atomic E-state index is -0.857. The number of carboxylic acid groups (broad SMARTS) is 1. The molecule has 114 valence electrons. The van der Waals surface area contributed by atoms with Gasteiger partial charge in [0, 0.05) is 29.6 Å². The normalized spacial score (nSPS) is 26.5. The van der Waals surface area contributed by atoms with Gasteiger partial charge in [-0.15, -0.1) is 0 Å². The fourth-order valence-electron chi connectivity index (χ4n) is 3.62. The van der Waals surface area contributed by atoms with E-state index >= 15 is 0 Å². The van der Waals surface area contributed by atoms with Gasteiger partial charge in [-0.2, -0.15) is 0 Å². The number of carboxylic acids is 1. The summed E-state index contributed by atoms with van der Waals surface area (Å²) in [6.07, 6.45) is 3.81. The number of piperidine rings is 1. The van der Waals surface area contributed by atoms with Crippen molar-refractivity contribution >= 4 is 27.6 Å². The number of rotatable bonds is 2. The smallest absolute Gasteiger partial charge is 0.337 e. The van der Waals surface area contributed by atoms with Crippen molar-refractivity contribution < 1.29 is 9.90 Å². The molecule has 21 heavy (non-hydrogen) atoms. The van der Waals surface area contributed by atoms with Crippen LogP contribution in [0.4, 0.5) is 5.69 Å². The van der Waals surface area contributed by atoms with Crippen LogP contribution < -0.4 is 4.90 Å². The lowest BCUT2D eigenvalue weighted by Gasteiger charge is -2.48. The number of carbonyl (C=O) groups is 1. The van der Waals surface area contributed by atoms with Gasteiger partial charge < -0.3 is 10.0 Å². The second-order valence-corrected chi connectivity index (χ2v) is 7.03. The van der Waals surface area contributed by atoms with Gasteiger partial charge in [0.05, 0.1) is 11.3 Å². The zero-order chi connectivity index (χ0) is 15.0. The van der Waals surface area contributed by atoms with E-state index in [1.165, 1.54) is 25.8 Å². The van der Waals surface area contributed by atoms with Crippen LogP contribution in [0.2, 0.25) is 0 Å². The SMILES string of the molecule is CC1CN2CCCCC2CN1c1ccc(Br)cc1C(=O)O. The molecule has 0 spiro atoms. The second kappa shape index (κ2) is 5.97. The van der Waals surface area contributed by atoms with Crippen molar-refractivity contribution in [1.82, 2.24) is 4.90 Å². The number of hydrogen-bond acceptors (Lipinski definition) is 3. The van der Waals surface area contributed by atoms with Crippen LogP contribution in [-0.2, 0) is 0 Å². The Morgan fingerprint density at radius 3 is 2.90 bits per heavy atom. The molecule has 2 saturated heterocycles. The van der Waals surface area contributed by atoms with Gasteiger partial charge in [-0.1, -0.05) is 22.4 Å². The van der Waals surface area contributed by atoms with Gasteiger partial charge >= 0.3 is 5.97 Å². The van der Waals surface area contributed by atoms with E-state index in [0.29, 0.717) is 17.6 Å². The van der Waals surface area contributed by atoms with E-state index in [0.717, 1.165) is 23.2 Å². The third-order valence-corrected chi connectivity index (χ3v) is 5.18. The summed E-state index contributed by atoms with van der Waals surface area (Å²) in [4.78, 5) is 16.4. The Balaban J connectivity index is 1.91. The first-order valence-corrected chi connectivity index (χ1v) is 8.39. The average Bonchev–Trinajstić information content (AvgIpc) is 2.46. The van der Waals surface area contributed by atoms with Crippen LogP contribution in [0, 0.1) is 0 Å². The Labute approximate surface area is 133 Å². The number of fused-ring (bicyclic) bond motifs is 1. The van der Waals surface area contributed by atoms with E-state index in [2.05, 4.69) is 32.7 Å². The standard InChI is InChI=1S/C16H21BrN2O2/c1-11-9-18-7-3-2-4-13(18)10-19(11)15-6-5-12(17)8-14(15)16(20)21/h5-6,8,11,13H,2-4,7,9-10H2,1H3,(H,20,21). The summed E-state index contributed by atoms with van der Waals surface area (Å²) in [5.74, 6) is -0.857. The van der Waals surface area contributed by atoms with Gasteiger partial charge in [0.15, 0.2) is 0 Å². The summed E-state index contributed by atoms with van der Waals surface area (Å²) < 4.78 is 0.813. The summed E-state index contributed by atoms with van der Waals surface area (Å²) in [6, 6.07) is 6.49. The third-order valence-electron chi connectivity index (χ3n) is 4.69. The first-order chi connectivity index (χ1) is 10.1. The molecule has 0 aromatic heterocycles. The van der Waals surface area contributed by atoms with Gasteiger partial charge in [0.1, 0.15) is 0 Å². The van der Waals surface area contributed by atoms with Crippen molar-refractivity contribution in [2.24, 2.45) is 0 Å². The van der Waals surface area contributed by atoms with E-state index in [4.69, 9.17) is 0 Å². The van der Waals surface area contributed by atoms with Crippen LogP contribution in [0.25, 0.3) is 0 Å². The quantitative estimate of drug-likeness (QED) is 0.887. The van der Waals surface area contributed by atoms with Crippen molar-refractivity contribution in [1.29, 1.82) is 0 Å². The Morgan fingerprint density at radius 2 is 2.14 bits per heavy atom. The lowest BCUT2D eigenvalue weighted by atomic mass is 9.96. The molecule has 0 saturated carbocycles. The zero-order valence-corrected chi connectivity index (χ0v) is 13.8. The molecule has 5 heteroatoms. The van der Waals surface area contributed by atoms with Gasteiger partial charge in [0.25, 0.3) is 0 Å². The Bertz CT molecular complexity index is 549. The Hall–Kier alpha value is -1.07. The number of halogens is 1. The van der Waals surface area contributed by atoms with E-state index in [1.807, 2.05) is 12.1 Å². The molecular weight excluding hydrogens is 332 g/mol. The van der Waals surface area contributed by atoms with E-state index in [1.54, 1.807) is 6.07 Å². The molecular formula is C16H21BrN2O2. The number of anilines is 1. The average molecular weight is 353 g/mol. The minimum Gasteiger partial charge on any atom is -0.478 e. The van der Waals surface area contributed by atoms with Crippen molar-refractivity contribution in [3.63, 3.8) is 0 Å². The van der Waals surface area contributed by atoms with Gasteiger partial charge in [-0.25, -0.2) is 4.79 Å². The van der Waals surface area contributed by atoms with Crippen LogP contribution in [0.3, 0.4) is 0 Å². The molecule has 2 unspecified atom stereocenters. The van der Waals surface area contributed by atoms with Gasteiger partial charge in [0.2, 0.25) is 0 Å². The maximum atomic E-state index is 11.5. The molecule has 1 aromatic carbocycles. The number of benzene rings is 1. The van der Waals surface area contributed by atoms with Crippen LogP contribution in [-0.4, -0.2) is 47.7 Å². The second-order valence-electron chi connectivity index (χ2n) is 6.11. The fourth-order valence-corrected chi connectivity index (χ4v) is 3.98. The van der Waals surface area contributed by atoms with Crippen molar-refractivity contribution in [2.45, 2.75) is 38.3 Å². The molecule has 2 fully saturated rings. The van der Waals surface area contributed by atoms with Crippen LogP contribution >= 0.6 is 15.9 Å². The number of nitrogens with zero attached hydrogens (tertiary/aromatic N) is 2. The summed E-state index contributed by atoms with van der Waals surface area (Å²) in [6.45, 7) is 5.34. The number of piperazine rings is 1. The minimum absolute atomic E-state index is 0.346. The van der Waals surface area contributed by atoms with E-state index in [-0.39, 0.29) is 0 Å². The zero-order valence-electron chi connectivity index (χ0n) is 12.3. The van der Waals surface area contributed by atoms with Crippen LogP contribution in [0.15, 0.2) is 22.7 Å². The molecule has 2 aliphatic heterocycles. The first kappa shape index (κ1) is 14.9. The van der Waals surface area contributed by atoms with Gasteiger partial charge in [-0.05, 0) is 44.5 Å². The summed E-state index contributed by atoms with van der Waals surface area (Å²) in [7, 11) is 0. The highest BCUT2D eigenvalue weighted by molar-refractivity contribution is 9.10. The van der Waals surface area contributed by atoms with E-state index in [9.17, 15) is 9.90 Å². The first-order valence-electron chi connectivity index (χ1n) is 7.60. The molecule has 0 aliphatic carbocycles. The molecule has 0 bridgehead atoms. The predicted octanol–water partition coefficient (Wildman–Crippen LogP) is 3.21. The number of hydrogen-bond donors (Lipinski definition) is 1. The Kier molecular flexibility index (Phi) is 4.22. The van der Waals surface area contributed by atoms with Crippen molar-refractivity contribution in [2.75, 3.05) is 24.5 Å².